The lowest BCUT2D eigenvalue weighted by Crippen LogP contribution is -2.21. The zero-order valence-corrected chi connectivity index (χ0v) is 30.2. The van der Waals surface area contributed by atoms with E-state index < -0.39 is 11.9 Å². The molecule has 266 valence electrons. The number of halogens is 1. The molecular weight excluding hydrogens is 668 g/mol. The van der Waals surface area contributed by atoms with Crippen LogP contribution in [0.3, 0.4) is 0 Å². The van der Waals surface area contributed by atoms with Crippen molar-refractivity contribution in [3.63, 3.8) is 0 Å². The molecule has 13 heteroatoms. The summed E-state index contributed by atoms with van der Waals surface area (Å²) in [6.07, 6.45) is 8.18. The van der Waals surface area contributed by atoms with Gasteiger partial charge in [0.05, 0.1) is 43.7 Å². The molecular formula is C36H47ClN4O7S. The maximum Gasteiger partial charge on any atom is 0.323 e. The van der Waals surface area contributed by atoms with Crippen molar-refractivity contribution in [3.05, 3.63) is 57.1 Å². The number of carboxylic acids is 1. The Morgan fingerprint density at radius 1 is 1.00 bits per heavy atom. The summed E-state index contributed by atoms with van der Waals surface area (Å²) >= 11 is 7.83. The minimum Gasteiger partial charge on any atom is -0.496 e. The quantitative estimate of drug-likeness (QED) is 0.0926. The second-order valence-corrected chi connectivity index (χ2v) is 13.7. The fourth-order valence-electron chi connectivity index (χ4n) is 6.39. The molecule has 49 heavy (non-hydrogen) atoms. The first-order chi connectivity index (χ1) is 23.6. The lowest BCUT2D eigenvalue weighted by atomic mass is 9.86. The average molecular weight is 715 g/mol. The number of carbonyl (C=O) groups excluding carboxylic acids is 1. The van der Waals surface area contributed by atoms with Gasteiger partial charge < -0.3 is 34.7 Å². The lowest BCUT2D eigenvalue weighted by Gasteiger charge is -2.21. The number of methoxy groups -OCH3 is 2. The first kappa shape index (κ1) is 38.1. The van der Waals surface area contributed by atoms with E-state index in [-0.39, 0.29) is 25.5 Å². The highest BCUT2D eigenvalue weighted by atomic mass is 35.5. The molecule has 1 aliphatic rings. The Balaban J connectivity index is 0.000000698. The molecule has 0 aliphatic heterocycles. The smallest absolute Gasteiger partial charge is 0.323 e. The van der Waals surface area contributed by atoms with Crippen molar-refractivity contribution in [1.29, 1.82) is 0 Å². The van der Waals surface area contributed by atoms with Crippen molar-refractivity contribution in [3.8, 4) is 22.8 Å². The highest BCUT2D eigenvalue weighted by molar-refractivity contribution is 7.16. The van der Waals surface area contributed by atoms with E-state index in [1.54, 1.807) is 30.9 Å². The molecule has 11 nitrogen and oxygen atoms in total. The molecule has 0 spiro atoms. The lowest BCUT2D eigenvalue weighted by molar-refractivity contribution is -0.137. The molecule has 0 radical (unpaired) electrons. The van der Waals surface area contributed by atoms with E-state index >= 15 is 0 Å². The third-order valence-corrected chi connectivity index (χ3v) is 9.91. The van der Waals surface area contributed by atoms with Gasteiger partial charge in [0.2, 0.25) is 0 Å². The van der Waals surface area contributed by atoms with Gasteiger partial charge in [0.1, 0.15) is 23.7 Å². The Bertz CT molecular complexity index is 1730. The fraction of sp³-hybridized carbons (Fsp3) is 0.472. The number of fused-ring (bicyclic) bond motifs is 1. The number of aromatic nitrogens is 2. The second kappa shape index (κ2) is 18.4. The van der Waals surface area contributed by atoms with Crippen molar-refractivity contribution in [2.45, 2.75) is 65.3 Å². The standard InChI is InChI=1S/C32H36ClN3O5S.C4H11NO2/c1-18-12-19(2)30-21(13-18)14-24(36(30)17-28(37)38)31(39)35-32-34-29(22-15-26(41-4)23(33)16-25(22)40-3)27(42-32)11-10-20-8-6-5-7-9-20;6-3-1-5-2-4-7/h12-16,20H,5-11,17H2,1-4H3,(H,37,38)(H,34,35,39);5-7H,1-4H2. The number of amides is 1. The highest BCUT2D eigenvalue weighted by Crippen LogP contribution is 2.43. The number of ether oxygens (including phenoxy) is 2. The number of thiazole rings is 1. The first-order valence-electron chi connectivity index (χ1n) is 16.6. The van der Waals surface area contributed by atoms with E-state index in [1.165, 1.54) is 43.4 Å². The molecule has 0 saturated heterocycles. The third kappa shape index (κ3) is 9.95. The molecule has 2 aromatic heterocycles. The third-order valence-electron chi connectivity index (χ3n) is 8.58. The zero-order chi connectivity index (χ0) is 35.5. The van der Waals surface area contributed by atoms with Crippen LogP contribution in [0.1, 0.15) is 65.0 Å². The maximum atomic E-state index is 13.7. The number of hydrogen-bond acceptors (Lipinski definition) is 9. The van der Waals surface area contributed by atoms with Gasteiger partial charge >= 0.3 is 5.97 Å². The normalized spacial score (nSPS) is 13.2. The van der Waals surface area contributed by atoms with Crippen LogP contribution in [-0.2, 0) is 17.8 Å². The Morgan fingerprint density at radius 3 is 2.33 bits per heavy atom. The molecule has 1 amide bonds. The summed E-state index contributed by atoms with van der Waals surface area (Å²) in [5.41, 5.74) is 4.41. The summed E-state index contributed by atoms with van der Waals surface area (Å²) in [6.45, 7) is 5.00. The van der Waals surface area contributed by atoms with Gasteiger partial charge in [-0.25, -0.2) is 4.98 Å². The summed E-state index contributed by atoms with van der Waals surface area (Å²) < 4.78 is 12.7. The average Bonchev–Trinajstić information content (AvgIpc) is 3.65. The number of carboxylic acid groups (broad SMARTS) is 1. The molecule has 5 N–H and O–H groups in total. The summed E-state index contributed by atoms with van der Waals surface area (Å²) in [4.78, 5) is 31.4. The monoisotopic (exact) mass is 714 g/mol. The fourth-order valence-corrected chi connectivity index (χ4v) is 7.61. The van der Waals surface area contributed by atoms with Gasteiger partial charge in [0, 0.05) is 35.0 Å². The number of rotatable bonds is 14. The molecule has 2 aromatic carbocycles. The van der Waals surface area contributed by atoms with E-state index in [0.29, 0.717) is 40.7 Å². The van der Waals surface area contributed by atoms with Crippen LogP contribution >= 0.6 is 22.9 Å². The number of nitrogens with zero attached hydrogens (tertiary/aromatic N) is 2. The topological polar surface area (TPSA) is 155 Å². The maximum absolute atomic E-state index is 13.7. The molecule has 1 saturated carbocycles. The number of aliphatic carboxylic acids is 1. The van der Waals surface area contributed by atoms with Gasteiger partial charge in [-0.1, -0.05) is 55.3 Å². The van der Waals surface area contributed by atoms with Crippen molar-refractivity contribution in [1.82, 2.24) is 14.9 Å². The van der Waals surface area contributed by atoms with Crippen LogP contribution in [0.5, 0.6) is 11.5 Å². The molecule has 4 aromatic rings. The summed E-state index contributed by atoms with van der Waals surface area (Å²) in [7, 11) is 3.15. The van der Waals surface area contributed by atoms with Gasteiger partial charge in [-0.15, -0.1) is 11.3 Å². The van der Waals surface area contributed by atoms with Crippen LogP contribution in [0.4, 0.5) is 5.13 Å². The highest BCUT2D eigenvalue weighted by Gasteiger charge is 2.24. The van der Waals surface area contributed by atoms with Gasteiger partial charge in [-0.2, -0.15) is 0 Å². The van der Waals surface area contributed by atoms with Crippen LogP contribution in [0.2, 0.25) is 5.02 Å². The number of nitrogens with one attached hydrogen (secondary N) is 2. The molecule has 0 unspecified atom stereocenters. The number of benzene rings is 2. The van der Waals surface area contributed by atoms with Crippen LogP contribution in [0.25, 0.3) is 22.2 Å². The van der Waals surface area contributed by atoms with E-state index in [4.69, 9.17) is 36.3 Å². The minimum absolute atomic E-state index is 0.139. The number of carbonyl (C=O) groups is 2. The molecule has 5 rings (SSSR count). The number of anilines is 1. The Morgan fingerprint density at radius 2 is 1.69 bits per heavy atom. The van der Waals surface area contributed by atoms with Crippen LogP contribution in [-0.4, -0.2) is 77.3 Å². The molecule has 1 aliphatic carbocycles. The Hall–Kier alpha value is -3.68. The summed E-state index contributed by atoms with van der Waals surface area (Å²) in [5.74, 6) is 0.311. The molecule has 1 fully saturated rings. The van der Waals surface area contributed by atoms with Crippen LogP contribution < -0.4 is 20.1 Å². The SMILES string of the molecule is COc1cc(-c2nc(NC(=O)c3cc4cc(C)cc(C)c4n3CC(=O)O)sc2CCC2CCCCC2)c(OC)cc1Cl.OCCNCCO. The Labute approximate surface area is 296 Å². The Kier molecular flexibility index (Phi) is 14.3. The summed E-state index contributed by atoms with van der Waals surface area (Å²) in [5, 5.41) is 33.4. The summed E-state index contributed by atoms with van der Waals surface area (Å²) in [6, 6.07) is 9.23. The van der Waals surface area contributed by atoms with Gasteiger partial charge in [0.15, 0.2) is 5.13 Å². The van der Waals surface area contributed by atoms with Crippen LogP contribution in [0.15, 0.2) is 30.3 Å². The number of aliphatic hydroxyl groups excluding tert-OH is 2. The first-order valence-corrected chi connectivity index (χ1v) is 17.8. The number of hydrogen-bond donors (Lipinski definition) is 5. The molecule has 0 atom stereocenters. The van der Waals surface area contributed by atoms with Crippen LogP contribution in [0, 0.1) is 19.8 Å². The van der Waals surface area contributed by atoms with E-state index in [9.17, 15) is 14.7 Å². The molecule has 0 bridgehead atoms. The van der Waals surface area contributed by atoms with Crippen molar-refractivity contribution in [2.75, 3.05) is 45.8 Å². The number of aryl methyl sites for hydroxylation is 3. The largest absolute Gasteiger partial charge is 0.496 e. The number of aliphatic hydroxyl groups is 2. The van der Waals surface area contributed by atoms with E-state index in [0.717, 1.165) is 51.0 Å². The minimum atomic E-state index is -1.02. The van der Waals surface area contributed by atoms with Gasteiger partial charge in [-0.05, 0) is 56.4 Å². The predicted molar refractivity (Wildman–Crippen MR) is 195 cm³/mol. The second-order valence-electron chi connectivity index (χ2n) is 12.2. The van der Waals surface area contributed by atoms with Crippen molar-refractivity contribution < 1.29 is 34.4 Å². The van der Waals surface area contributed by atoms with E-state index in [1.807, 2.05) is 32.0 Å². The van der Waals surface area contributed by atoms with Crippen molar-refractivity contribution in [2.24, 2.45) is 5.92 Å². The predicted octanol–water partition coefficient (Wildman–Crippen LogP) is 6.46. The van der Waals surface area contributed by atoms with Crippen molar-refractivity contribution >= 4 is 50.8 Å². The zero-order valence-electron chi connectivity index (χ0n) is 28.6. The van der Waals surface area contributed by atoms with Gasteiger partial charge in [0.25, 0.3) is 5.91 Å². The molecule has 2 heterocycles. The van der Waals surface area contributed by atoms with E-state index in [2.05, 4.69) is 10.6 Å². The van der Waals surface area contributed by atoms with Gasteiger partial charge in [-0.3, -0.25) is 14.9 Å².